The standard InChI is InChI=1S/C18H17NO3/c1-12-11-19(13-4-6-14(21-2)7-5-13)18(20)16-9-8-15(22-3)10-17(12)16/h4-11H,1-3H3. The fraction of sp³-hybridized carbons (Fsp3) is 0.167. The van der Waals surface area contributed by atoms with Gasteiger partial charge in [-0.2, -0.15) is 0 Å². The van der Waals surface area contributed by atoms with E-state index < -0.39 is 0 Å². The van der Waals surface area contributed by atoms with E-state index in [1.807, 2.05) is 55.6 Å². The van der Waals surface area contributed by atoms with Crippen molar-refractivity contribution in [2.75, 3.05) is 14.2 Å². The minimum absolute atomic E-state index is 0.0478. The topological polar surface area (TPSA) is 40.5 Å². The van der Waals surface area contributed by atoms with Crippen LogP contribution in [-0.4, -0.2) is 18.8 Å². The van der Waals surface area contributed by atoms with Crippen LogP contribution in [0.1, 0.15) is 5.56 Å². The van der Waals surface area contributed by atoms with Gasteiger partial charge in [-0.05, 0) is 60.3 Å². The van der Waals surface area contributed by atoms with Gasteiger partial charge < -0.3 is 9.47 Å². The number of fused-ring (bicyclic) bond motifs is 1. The molecule has 0 saturated carbocycles. The summed E-state index contributed by atoms with van der Waals surface area (Å²) < 4.78 is 12.0. The van der Waals surface area contributed by atoms with Crippen LogP contribution in [0.2, 0.25) is 0 Å². The minimum Gasteiger partial charge on any atom is -0.497 e. The highest BCUT2D eigenvalue weighted by Gasteiger charge is 2.09. The highest BCUT2D eigenvalue weighted by Crippen LogP contribution is 2.22. The number of ether oxygens (including phenoxy) is 2. The first kappa shape index (κ1) is 14.2. The first-order chi connectivity index (χ1) is 10.6. The highest BCUT2D eigenvalue weighted by molar-refractivity contribution is 5.86. The normalized spacial score (nSPS) is 10.7. The third kappa shape index (κ3) is 2.33. The third-order valence-electron chi connectivity index (χ3n) is 3.77. The van der Waals surface area contributed by atoms with Crippen molar-refractivity contribution < 1.29 is 9.47 Å². The monoisotopic (exact) mass is 295 g/mol. The first-order valence-electron chi connectivity index (χ1n) is 6.98. The molecule has 1 aromatic heterocycles. The van der Waals surface area contributed by atoms with Gasteiger partial charge in [0, 0.05) is 17.3 Å². The smallest absolute Gasteiger partial charge is 0.262 e. The van der Waals surface area contributed by atoms with Crippen molar-refractivity contribution in [2.24, 2.45) is 0 Å². The molecule has 4 heteroatoms. The van der Waals surface area contributed by atoms with Gasteiger partial charge in [0.15, 0.2) is 0 Å². The Morgan fingerprint density at radius 3 is 2.14 bits per heavy atom. The summed E-state index contributed by atoms with van der Waals surface area (Å²) in [6, 6.07) is 12.9. The number of nitrogens with zero attached hydrogens (tertiary/aromatic N) is 1. The summed E-state index contributed by atoms with van der Waals surface area (Å²) in [7, 11) is 3.24. The van der Waals surface area contributed by atoms with E-state index in [1.165, 1.54) is 0 Å². The number of aromatic nitrogens is 1. The Labute approximate surface area is 128 Å². The van der Waals surface area contributed by atoms with E-state index in [1.54, 1.807) is 18.8 Å². The van der Waals surface area contributed by atoms with Gasteiger partial charge in [-0.3, -0.25) is 9.36 Å². The zero-order valence-electron chi connectivity index (χ0n) is 12.8. The van der Waals surface area contributed by atoms with E-state index in [0.717, 1.165) is 28.1 Å². The van der Waals surface area contributed by atoms with Crippen molar-refractivity contribution in [1.82, 2.24) is 4.57 Å². The van der Waals surface area contributed by atoms with Gasteiger partial charge in [-0.25, -0.2) is 0 Å². The first-order valence-corrected chi connectivity index (χ1v) is 6.98. The van der Waals surface area contributed by atoms with Crippen molar-refractivity contribution in [3.05, 3.63) is 64.6 Å². The molecule has 22 heavy (non-hydrogen) atoms. The summed E-state index contributed by atoms with van der Waals surface area (Å²) in [6.45, 7) is 1.99. The average Bonchev–Trinajstić information content (AvgIpc) is 2.57. The van der Waals surface area contributed by atoms with Gasteiger partial charge in [-0.1, -0.05) is 0 Å². The molecule has 0 aliphatic heterocycles. The van der Waals surface area contributed by atoms with Gasteiger partial charge in [0.2, 0.25) is 0 Å². The Morgan fingerprint density at radius 1 is 0.864 bits per heavy atom. The number of benzene rings is 2. The van der Waals surface area contributed by atoms with Gasteiger partial charge >= 0.3 is 0 Å². The fourth-order valence-electron chi connectivity index (χ4n) is 2.55. The van der Waals surface area contributed by atoms with Crippen LogP contribution >= 0.6 is 0 Å². The van der Waals surface area contributed by atoms with Gasteiger partial charge in [0.25, 0.3) is 5.56 Å². The average molecular weight is 295 g/mol. The maximum absolute atomic E-state index is 12.7. The quantitative estimate of drug-likeness (QED) is 0.744. The molecule has 0 amide bonds. The second kappa shape index (κ2) is 5.56. The Bertz CT molecular complexity index is 879. The van der Waals surface area contributed by atoms with Gasteiger partial charge in [-0.15, -0.1) is 0 Å². The maximum Gasteiger partial charge on any atom is 0.262 e. The molecule has 0 fully saturated rings. The molecule has 0 bridgehead atoms. The summed E-state index contributed by atoms with van der Waals surface area (Å²) in [5.41, 5.74) is 1.78. The van der Waals surface area contributed by atoms with Crippen LogP contribution in [0.4, 0.5) is 0 Å². The number of hydrogen-bond acceptors (Lipinski definition) is 3. The Morgan fingerprint density at radius 2 is 1.50 bits per heavy atom. The molecule has 0 spiro atoms. The molecule has 0 unspecified atom stereocenters. The SMILES string of the molecule is COc1ccc(-n2cc(C)c3cc(OC)ccc3c2=O)cc1. The molecule has 2 aromatic carbocycles. The summed E-state index contributed by atoms with van der Waals surface area (Å²) in [5, 5.41) is 1.59. The van der Waals surface area contributed by atoms with E-state index in [4.69, 9.17) is 9.47 Å². The van der Waals surface area contributed by atoms with Crippen molar-refractivity contribution in [1.29, 1.82) is 0 Å². The van der Waals surface area contributed by atoms with Crippen molar-refractivity contribution in [3.8, 4) is 17.2 Å². The molecule has 0 aliphatic carbocycles. The molecule has 3 aromatic rings. The summed E-state index contributed by atoms with van der Waals surface area (Å²) in [5.74, 6) is 1.51. The van der Waals surface area contributed by atoms with Crippen LogP contribution in [0, 0.1) is 6.92 Å². The maximum atomic E-state index is 12.7. The molecule has 1 heterocycles. The van der Waals surface area contributed by atoms with Crippen molar-refractivity contribution >= 4 is 10.8 Å². The van der Waals surface area contributed by atoms with Crippen molar-refractivity contribution in [3.63, 3.8) is 0 Å². The number of hydrogen-bond donors (Lipinski definition) is 0. The predicted molar refractivity (Wildman–Crippen MR) is 87.4 cm³/mol. The van der Waals surface area contributed by atoms with E-state index in [0.29, 0.717) is 5.39 Å². The van der Waals surface area contributed by atoms with E-state index in [9.17, 15) is 4.79 Å². The van der Waals surface area contributed by atoms with Crippen molar-refractivity contribution in [2.45, 2.75) is 6.92 Å². The molecule has 0 aliphatic rings. The largest absolute Gasteiger partial charge is 0.497 e. The zero-order valence-corrected chi connectivity index (χ0v) is 12.8. The molecule has 0 saturated heterocycles. The Kier molecular flexibility index (Phi) is 3.59. The molecule has 112 valence electrons. The summed E-state index contributed by atoms with van der Waals surface area (Å²) in [4.78, 5) is 12.7. The summed E-state index contributed by atoms with van der Waals surface area (Å²) >= 11 is 0. The second-order valence-electron chi connectivity index (χ2n) is 5.10. The lowest BCUT2D eigenvalue weighted by atomic mass is 10.1. The Balaban J connectivity index is 2.22. The summed E-state index contributed by atoms with van der Waals surface area (Å²) in [6.07, 6.45) is 1.85. The van der Waals surface area contributed by atoms with E-state index in [-0.39, 0.29) is 5.56 Å². The van der Waals surface area contributed by atoms with E-state index in [2.05, 4.69) is 0 Å². The number of pyridine rings is 1. The van der Waals surface area contributed by atoms with Crippen LogP contribution < -0.4 is 15.0 Å². The van der Waals surface area contributed by atoms with Crippen LogP contribution in [0.3, 0.4) is 0 Å². The van der Waals surface area contributed by atoms with Crippen LogP contribution in [0.15, 0.2) is 53.5 Å². The number of aryl methyl sites for hydroxylation is 1. The molecule has 3 rings (SSSR count). The van der Waals surface area contributed by atoms with Crippen LogP contribution in [-0.2, 0) is 0 Å². The number of methoxy groups -OCH3 is 2. The predicted octanol–water partition coefficient (Wildman–Crippen LogP) is 3.32. The molecular formula is C18H17NO3. The molecular weight excluding hydrogens is 278 g/mol. The van der Waals surface area contributed by atoms with Gasteiger partial charge in [0.1, 0.15) is 11.5 Å². The molecule has 4 nitrogen and oxygen atoms in total. The fourth-order valence-corrected chi connectivity index (χ4v) is 2.55. The lowest BCUT2D eigenvalue weighted by Crippen LogP contribution is -2.18. The van der Waals surface area contributed by atoms with Crippen LogP contribution in [0.25, 0.3) is 16.5 Å². The lowest BCUT2D eigenvalue weighted by Gasteiger charge is -2.11. The minimum atomic E-state index is -0.0478. The van der Waals surface area contributed by atoms with E-state index >= 15 is 0 Å². The van der Waals surface area contributed by atoms with Gasteiger partial charge in [0.05, 0.1) is 14.2 Å². The Hall–Kier alpha value is -2.75. The second-order valence-corrected chi connectivity index (χ2v) is 5.10. The molecule has 0 atom stereocenters. The number of rotatable bonds is 3. The third-order valence-corrected chi connectivity index (χ3v) is 3.77. The van der Waals surface area contributed by atoms with Crippen LogP contribution in [0.5, 0.6) is 11.5 Å². The lowest BCUT2D eigenvalue weighted by molar-refractivity contribution is 0.414. The zero-order chi connectivity index (χ0) is 15.7. The molecule has 0 N–H and O–H groups in total. The highest BCUT2D eigenvalue weighted by atomic mass is 16.5. The molecule has 0 radical (unpaired) electrons.